The average Bonchev–Trinajstić information content (AvgIpc) is 2.99. The minimum Gasteiger partial charge on any atom is -0.496 e. The number of nitriles is 1. The molecule has 0 fully saturated rings. The molecule has 6 nitrogen and oxygen atoms in total. The molecular formula is C15H11BrN2O4S. The van der Waals surface area contributed by atoms with Crippen LogP contribution in [0.1, 0.15) is 15.9 Å². The van der Waals surface area contributed by atoms with E-state index in [0.717, 1.165) is 0 Å². The summed E-state index contributed by atoms with van der Waals surface area (Å²) in [5.74, 6) is -0.555. The highest BCUT2D eigenvalue weighted by molar-refractivity contribution is 9.10. The quantitative estimate of drug-likeness (QED) is 0.786. The molecule has 1 N–H and O–H groups in total. The maximum Gasteiger partial charge on any atom is 0.338 e. The summed E-state index contributed by atoms with van der Waals surface area (Å²) in [5.41, 5.74) is 0.660. The fourth-order valence-corrected chi connectivity index (χ4v) is 2.96. The molecule has 0 atom stereocenters. The highest BCUT2D eigenvalue weighted by atomic mass is 79.9. The number of methoxy groups -OCH3 is 1. The SMILES string of the molecule is COc1ccc(C(=O)OCC(=O)Nc2sccc2C#N)cc1Br. The lowest BCUT2D eigenvalue weighted by atomic mass is 10.2. The predicted octanol–water partition coefficient (Wildman–Crippen LogP) is 3.19. The first-order valence-electron chi connectivity index (χ1n) is 6.33. The summed E-state index contributed by atoms with van der Waals surface area (Å²) in [6.45, 7) is -0.439. The first kappa shape index (κ1) is 17.0. The zero-order valence-corrected chi connectivity index (χ0v) is 14.4. The second-order valence-corrected chi connectivity index (χ2v) is 6.02. The van der Waals surface area contributed by atoms with Gasteiger partial charge in [-0.3, -0.25) is 4.79 Å². The summed E-state index contributed by atoms with van der Waals surface area (Å²) in [4.78, 5) is 23.7. The second-order valence-electron chi connectivity index (χ2n) is 4.25. The molecule has 1 aromatic carbocycles. The van der Waals surface area contributed by atoms with E-state index < -0.39 is 18.5 Å². The number of halogens is 1. The molecular weight excluding hydrogens is 384 g/mol. The van der Waals surface area contributed by atoms with Crippen molar-refractivity contribution in [3.05, 3.63) is 45.2 Å². The van der Waals surface area contributed by atoms with Gasteiger partial charge in [0.15, 0.2) is 6.61 Å². The standard InChI is InChI=1S/C15H11BrN2O4S/c1-21-12-3-2-9(6-11(12)16)15(20)22-8-13(19)18-14-10(7-17)4-5-23-14/h2-6H,8H2,1H3,(H,18,19). The number of carbonyl (C=O) groups excluding carboxylic acids is 2. The Morgan fingerprint density at radius 3 is 2.83 bits per heavy atom. The molecule has 23 heavy (non-hydrogen) atoms. The Morgan fingerprint density at radius 2 is 2.17 bits per heavy atom. The van der Waals surface area contributed by atoms with E-state index in [0.29, 0.717) is 26.4 Å². The molecule has 0 aliphatic rings. The summed E-state index contributed by atoms with van der Waals surface area (Å²) >= 11 is 4.49. The number of ether oxygens (including phenoxy) is 2. The van der Waals surface area contributed by atoms with Crippen LogP contribution < -0.4 is 10.1 Å². The molecule has 1 heterocycles. The van der Waals surface area contributed by atoms with Crippen LogP contribution in [0.3, 0.4) is 0 Å². The van der Waals surface area contributed by atoms with E-state index in [1.165, 1.54) is 24.5 Å². The van der Waals surface area contributed by atoms with E-state index in [-0.39, 0.29) is 0 Å². The van der Waals surface area contributed by atoms with Crippen molar-refractivity contribution in [3.63, 3.8) is 0 Å². The fraction of sp³-hybridized carbons (Fsp3) is 0.133. The van der Waals surface area contributed by atoms with Gasteiger partial charge in [0.2, 0.25) is 0 Å². The smallest absolute Gasteiger partial charge is 0.338 e. The van der Waals surface area contributed by atoms with E-state index in [4.69, 9.17) is 14.7 Å². The molecule has 2 aromatic rings. The van der Waals surface area contributed by atoms with Gasteiger partial charge in [-0.1, -0.05) is 0 Å². The van der Waals surface area contributed by atoms with Gasteiger partial charge >= 0.3 is 5.97 Å². The van der Waals surface area contributed by atoms with Gasteiger partial charge in [0, 0.05) is 0 Å². The maximum absolute atomic E-state index is 11.9. The molecule has 2 rings (SSSR count). The maximum atomic E-state index is 11.9. The number of thiophene rings is 1. The molecule has 0 saturated heterocycles. The van der Waals surface area contributed by atoms with Gasteiger partial charge in [-0.25, -0.2) is 4.79 Å². The van der Waals surface area contributed by atoms with Crippen LogP contribution in [0.2, 0.25) is 0 Å². The van der Waals surface area contributed by atoms with Crippen molar-refractivity contribution < 1.29 is 19.1 Å². The van der Waals surface area contributed by atoms with Crippen LogP contribution >= 0.6 is 27.3 Å². The molecule has 0 spiro atoms. The van der Waals surface area contributed by atoms with E-state index in [2.05, 4.69) is 21.2 Å². The molecule has 0 aliphatic heterocycles. The number of amides is 1. The number of benzene rings is 1. The summed E-state index contributed by atoms with van der Waals surface area (Å²) in [6.07, 6.45) is 0. The summed E-state index contributed by atoms with van der Waals surface area (Å²) in [7, 11) is 1.52. The number of hydrogen-bond acceptors (Lipinski definition) is 6. The zero-order chi connectivity index (χ0) is 16.8. The van der Waals surface area contributed by atoms with Gasteiger partial charge in [-0.05, 0) is 45.6 Å². The fourth-order valence-electron chi connectivity index (χ4n) is 1.66. The van der Waals surface area contributed by atoms with Crippen molar-refractivity contribution in [3.8, 4) is 11.8 Å². The number of nitrogens with one attached hydrogen (secondary N) is 1. The van der Waals surface area contributed by atoms with Gasteiger partial charge in [-0.2, -0.15) is 5.26 Å². The van der Waals surface area contributed by atoms with Gasteiger partial charge in [-0.15, -0.1) is 11.3 Å². The average molecular weight is 395 g/mol. The van der Waals surface area contributed by atoms with Crippen LogP contribution in [-0.2, 0) is 9.53 Å². The number of carbonyl (C=O) groups is 2. The first-order chi connectivity index (χ1) is 11.0. The third-order valence-corrected chi connectivity index (χ3v) is 4.21. The monoisotopic (exact) mass is 394 g/mol. The van der Waals surface area contributed by atoms with E-state index >= 15 is 0 Å². The number of rotatable bonds is 5. The van der Waals surface area contributed by atoms with Crippen molar-refractivity contribution in [2.24, 2.45) is 0 Å². The molecule has 0 bridgehead atoms. The Balaban J connectivity index is 1.92. The topological polar surface area (TPSA) is 88.4 Å². The molecule has 0 radical (unpaired) electrons. The Bertz CT molecular complexity index is 782. The van der Waals surface area contributed by atoms with Crippen molar-refractivity contribution in [2.75, 3.05) is 19.0 Å². The summed E-state index contributed by atoms with van der Waals surface area (Å²) in [5, 5.41) is 13.5. The lowest BCUT2D eigenvalue weighted by Gasteiger charge is -2.07. The van der Waals surface area contributed by atoms with E-state index in [1.807, 2.05) is 6.07 Å². The minimum atomic E-state index is -0.629. The van der Waals surface area contributed by atoms with Gasteiger partial charge in [0.25, 0.3) is 5.91 Å². The molecule has 0 unspecified atom stereocenters. The van der Waals surface area contributed by atoms with Crippen molar-refractivity contribution in [1.29, 1.82) is 5.26 Å². The Hall–Kier alpha value is -2.37. The number of nitrogens with zero attached hydrogens (tertiary/aromatic N) is 1. The van der Waals surface area contributed by atoms with Crippen LogP contribution in [-0.4, -0.2) is 25.6 Å². The number of hydrogen-bond donors (Lipinski definition) is 1. The van der Waals surface area contributed by atoms with Gasteiger partial charge in [0.05, 0.1) is 22.7 Å². The predicted molar refractivity (Wildman–Crippen MR) is 88.6 cm³/mol. The van der Waals surface area contributed by atoms with Gasteiger partial charge in [0.1, 0.15) is 16.8 Å². The summed E-state index contributed by atoms with van der Waals surface area (Å²) in [6, 6.07) is 8.26. The molecule has 0 saturated carbocycles. The third kappa shape index (κ3) is 4.31. The lowest BCUT2D eigenvalue weighted by Crippen LogP contribution is -2.20. The van der Waals surface area contributed by atoms with Crippen LogP contribution in [0.15, 0.2) is 34.1 Å². The van der Waals surface area contributed by atoms with Crippen molar-refractivity contribution >= 4 is 44.1 Å². The summed E-state index contributed by atoms with van der Waals surface area (Å²) < 4.78 is 10.6. The van der Waals surface area contributed by atoms with Gasteiger partial charge < -0.3 is 14.8 Å². The van der Waals surface area contributed by atoms with Crippen LogP contribution in [0.4, 0.5) is 5.00 Å². The lowest BCUT2D eigenvalue weighted by molar-refractivity contribution is -0.119. The highest BCUT2D eigenvalue weighted by Crippen LogP contribution is 2.26. The molecule has 1 amide bonds. The van der Waals surface area contributed by atoms with Crippen molar-refractivity contribution in [1.82, 2.24) is 0 Å². The van der Waals surface area contributed by atoms with E-state index in [9.17, 15) is 9.59 Å². The van der Waals surface area contributed by atoms with Crippen LogP contribution in [0, 0.1) is 11.3 Å². The Morgan fingerprint density at radius 1 is 1.39 bits per heavy atom. The largest absolute Gasteiger partial charge is 0.496 e. The molecule has 118 valence electrons. The highest BCUT2D eigenvalue weighted by Gasteiger charge is 2.14. The molecule has 0 aliphatic carbocycles. The molecule has 8 heteroatoms. The van der Waals surface area contributed by atoms with E-state index in [1.54, 1.807) is 23.6 Å². The molecule has 1 aromatic heterocycles. The second kappa shape index (κ2) is 7.76. The third-order valence-electron chi connectivity index (χ3n) is 2.76. The first-order valence-corrected chi connectivity index (χ1v) is 8.00. The van der Waals surface area contributed by atoms with Crippen molar-refractivity contribution in [2.45, 2.75) is 0 Å². The van der Waals surface area contributed by atoms with Crippen LogP contribution in [0.25, 0.3) is 0 Å². The normalized spacial score (nSPS) is 9.78. The number of esters is 1. The zero-order valence-electron chi connectivity index (χ0n) is 12.0. The Labute approximate surface area is 144 Å². The van der Waals surface area contributed by atoms with Crippen LogP contribution in [0.5, 0.6) is 5.75 Å². The minimum absolute atomic E-state index is 0.291. The Kier molecular flexibility index (Phi) is 5.73. The number of anilines is 1.